The number of hydrogen-bond acceptors (Lipinski definition) is 5. The molecule has 0 saturated heterocycles. The maximum absolute atomic E-state index is 12.4. The summed E-state index contributed by atoms with van der Waals surface area (Å²) >= 11 is 0. The SMILES string of the molecule is Cn1ccnc1COc1ccc(C(=O)NCc2ccc(-n3cccn3)nc2)cc1. The average molecular weight is 388 g/mol. The standard InChI is InChI=1S/C21H20N6O2/c1-26-12-10-22-20(26)15-29-18-6-4-17(5-7-18)21(28)24-14-16-3-8-19(23-13-16)27-11-2-9-25-27/h2-13H,14-15H2,1H3,(H,24,28). The Kier molecular flexibility index (Phi) is 5.33. The van der Waals surface area contributed by atoms with Crippen molar-refractivity contribution in [3.05, 3.63) is 90.4 Å². The number of benzene rings is 1. The highest BCUT2D eigenvalue weighted by Crippen LogP contribution is 2.14. The van der Waals surface area contributed by atoms with Gasteiger partial charge in [0.15, 0.2) is 5.82 Å². The highest BCUT2D eigenvalue weighted by Gasteiger charge is 2.07. The van der Waals surface area contributed by atoms with Crippen LogP contribution in [0.5, 0.6) is 5.75 Å². The average Bonchev–Trinajstić information content (AvgIpc) is 3.43. The van der Waals surface area contributed by atoms with Gasteiger partial charge in [-0.05, 0) is 42.0 Å². The minimum atomic E-state index is -0.156. The van der Waals surface area contributed by atoms with E-state index in [9.17, 15) is 4.79 Å². The normalized spacial score (nSPS) is 10.7. The fourth-order valence-electron chi connectivity index (χ4n) is 2.73. The van der Waals surface area contributed by atoms with Gasteiger partial charge in [0.2, 0.25) is 0 Å². The van der Waals surface area contributed by atoms with Gasteiger partial charge in [0.25, 0.3) is 5.91 Å². The van der Waals surface area contributed by atoms with Crippen LogP contribution < -0.4 is 10.1 Å². The summed E-state index contributed by atoms with van der Waals surface area (Å²) in [7, 11) is 1.92. The molecule has 0 unspecified atom stereocenters. The van der Waals surface area contributed by atoms with Crippen molar-refractivity contribution >= 4 is 5.91 Å². The molecule has 3 heterocycles. The van der Waals surface area contributed by atoms with Crippen molar-refractivity contribution in [1.82, 2.24) is 29.6 Å². The van der Waals surface area contributed by atoms with Crippen molar-refractivity contribution in [3.63, 3.8) is 0 Å². The number of carbonyl (C=O) groups excluding carboxylic acids is 1. The van der Waals surface area contributed by atoms with Crippen LogP contribution in [0.3, 0.4) is 0 Å². The predicted molar refractivity (Wildman–Crippen MR) is 107 cm³/mol. The summed E-state index contributed by atoms with van der Waals surface area (Å²) in [6.07, 6.45) is 8.85. The van der Waals surface area contributed by atoms with Gasteiger partial charge in [-0.2, -0.15) is 5.10 Å². The van der Waals surface area contributed by atoms with Crippen LogP contribution in [0.1, 0.15) is 21.7 Å². The molecule has 29 heavy (non-hydrogen) atoms. The van der Waals surface area contributed by atoms with Gasteiger partial charge in [-0.3, -0.25) is 4.79 Å². The molecule has 0 atom stereocenters. The number of nitrogens with zero attached hydrogens (tertiary/aromatic N) is 5. The van der Waals surface area contributed by atoms with E-state index in [4.69, 9.17) is 4.74 Å². The van der Waals surface area contributed by atoms with E-state index in [0.29, 0.717) is 24.5 Å². The van der Waals surface area contributed by atoms with Crippen LogP contribution in [0.15, 0.2) is 73.4 Å². The van der Waals surface area contributed by atoms with Crippen LogP contribution in [0, 0.1) is 0 Å². The predicted octanol–water partition coefficient (Wildman–Crippen LogP) is 2.51. The summed E-state index contributed by atoms with van der Waals surface area (Å²) in [4.78, 5) is 20.9. The zero-order valence-electron chi connectivity index (χ0n) is 15.9. The minimum absolute atomic E-state index is 0.156. The first-order valence-corrected chi connectivity index (χ1v) is 9.11. The first kappa shape index (κ1) is 18.4. The first-order valence-electron chi connectivity index (χ1n) is 9.11. The van der Waals surface area contributed by atoms with E-state index in [0.717, 1.165) is 17.2 Å². The third-order valence-corrected chi connectivity index (χ3v) is 4.41. The van der Waals surface area contributed by atoms with Gasteiger partial charge in [0.05, 0.1) is 0 Å². The van der Waals surface area contributed by atoms with E-state index in [1.807, 2.05) is 42.2 Å². The number of imidazole rings is 1. The van der Waals surface area contributed by atoms with Gasteiger partial charge in [-0.15, -0.1) is 0 Å². The molecule has 0 bridgehead atoms. The topological polar surface area (TPSA) is 86.9 Å². The van der Waals surface area contributed by atoms with Gasteiger partial charge < -0.3 is 14.6 Å². The van der Waals surface area contributed by atoms with E-state index >= 15 is 0 Å². The Morgan fingerprint density at radius 2 is 1.93 bits per heavy atom. The summed E-state index contributed by atoms with van der Waals surface area (Å²) < 4.78 is 9.29. The fraction of sp³-hybridized carbons (Fsp3) is 0.143. The van der Waals surface area contributed by atoms with Gasteiger partial charge in [0, 0.05) is 50.1 Å². The quantitative estimate of drug-likeness (QED) is 0.526. The van der Waals surface area contributed by atoms with Crippen LogP contribution in [0.4, 0.5) is 0 Å². The van der Waals surface area contributed by atoms with E-state index in [1.54, 1.807) is 47.5 Å². The van der Waals surface area contributed by atoms with Crippen molar-refractivity contribution in [2.75, 3.05) is 0 Å². The van der Waals surface area contributed by atoms with Crippen LogP contribution in [-0.2, 0) is 20.2 Å². The molecule has 0 saturated carbocycles. The molecule has 4 aromatic rings. The molecule has 0 aliphatic rings. The van der Waals surface area contributed by atoms with Crippen molar-refractivity contribution < 1.29 is 9.53 Å². The molecule has 1 N–H and O–H groups in total. The van der Waals surface area contributed by atoms with Crippen molar-refractivity contribution in [3.8, 4) is 11.6 Å². The lowest BCUT2D eigenvalue weighted by molar-refractivity contribution is 0.0951. The summed E-state index contributed by atoms with van der Waals surface area (Å²) in [6, 6.07) is 12.6. The number of aromatic nitrogens is 5. The fourth-order valence-corrected chi connectivity index (χ4v) is 2.73. The number of carbonyl (C=O) groups is 1. The Balaban J connectivity index is 1.30. The van der Waals surface area contributed by atoms with Crippen LogP contribution in [0.2, 0.25) is 0 Å². The number of amides is 1. The maximum atomic E-state index is 12.4. The third-order valence-electron chi connectivity index (χ3n) is 4.41. The summed E-state index contributed by atoms with van der Waals surface area (Å²) in [5.41, 5.74) is 1.47. The summed E-state index contributed by atoms with van der Waals surface area (Å²) in [6.45, 7) is 0.763. The molecule has 4 rings (SSSR count). The number of aryl methyl sites for hydroxylation is 1. The molecule has 0 aliphatic carbocycles. The molecule has 146 valence electrons. The zero-order valence-corrected chi connectivity index (χ0v) is 15.9. The van der Waals surface area contributed by atoms with Gasteiger partial charge >= 0.3 is 0 Å². The monoisotopic (exact) mass is 388 g/mol. The number of rotatable bonds is 7. The zero-order chi connectivity index (χ0) is 20.1. The Morgan fingerprint density at radius 3 is 2.59 bits per heavy atom. The molecule has 0 aliphatic heterocycles. The summed E-state index contributed by atoms with van der Waals surface area (Å²) in [5, 5.41) is 7.03. The van der Waals surface area contributed by atoms with E-state index < -0.39 is 0 Å². The van der Waals surface area contributed by atoms with E-state index in [1.165, 1.54) is 0 Å². The molecule has 0 radical (unpaired) electrons. The van der Waals surface area contributed by atoms with Crippen LogP contribution in [0.25, 0.3) is 5.82 Å². The second-order valence-corrected chi connectivity index (χ2v) is 6.43. The Labute approximate surface area is 167 Å². The number of hydrogen-bond donors (Lipinski definition) is 1. The molecule has 3 aromatic heterocycles. The highest BCUT2D eigenvalue weighted by atomic mass is 16.5. The molecular formula is C21H20N6O2. The van der Waals surface area contributed by atoms with Gasteiger partial charge in [-0.25, -0.2) is 14.6 Å². The second kappa shape index (κ2) is 8.39. The van der Waals surface area contributed by atoms with E-state index in [-0.39, 0.29) is 5.91 Å². The van der Waals surface area contributed by atoms with Crippen molar-refractivity contribution in [1.29, 1.82) is 0 Å². The first-order chi connectivity index (χ1) is 14.2. The largest absolute Gasteiger partial charge is 0.486 e. The molecule has 0 spiro atoms. The van der Waals surface area contributed by atoms with Gasteiger partial charge in [0.1, 0.15) is 18.2 Å². The van der Waals surface area contributed by atoms with Crippen molar-refractivity contribution in [2.45, 2.75) is 13.2 Å². The third kappa shape index (κ3) is 4.49. The van der Waals surface area contributed by atoms with Crippen LogP contribution >= 0.6 is 0 Å². The molecule has 1 aromatic carbocycles. The lowest BCUT2D eigenvalue weighted by Crippen LogP contribution is -2.22. The Morgan fingerprint density at radius 1 is 1.07 bits per heavy atom. The number of nitrogens with one attached hydrogen (secondary N) is 1. The van der Waals surface area contributed by atoms with Crippen molar-refractivity contribution in [2.24, 2.45) is 7.05 Å². The van der Waals surface area contributed by atoms with E-state index in [2.05, 4.69) is 20.4 Å². The van der Waals surface area contributed by atoms with Crippen LogP contribution in [-0.4, -0.2) is 30.2 Å². The lowest BCUT2D eigenvalue weighted by Gasteiger charge is -2.08. The molecule has 0 fully saturated rings. The highest BCUT2D eigenvalue weighted by molar-refractivity contribution is 5.94. The number of pyridine rings is 1. The Hall–Kier alpha value is -3.94. The molecule has 1 amide bonds. The molecular weight excluding hydrogens is 368 g/mol. The number of ether oxygens (including phenoxy) is 1. The Bertz CT molecular complexity index is 1070. The maximum Gasteiger partial charge on any atom is 0.251 e. The molecule has 8 heteroatoms. The second-order valence-electron chi connectivity index (χ2n) is 6.43. The lowest BCUT2D eigenvalue weighted by atomic mass is 10.2. The summed E-state index contributed by atoms with van der Waals surface area (Å²) in [5.74, 6) is 2.09. The smallest absolute Gasteiger partial charge is 0.251 e. The molecule has 8 nitrogen and oxygen atoms in total. The van der Waals surface area contributed by atoms with Gasteiger partial charge in [-0.1, -0.05) is 6.07 Å². The minimum Gasteiger partial charge on any atom is -0.486 e.